The maximum absolute atomic E-state index is 13.6. The molecule has 0 aromatic heterocycles. The number of halogens is 1. The number of hydrogen-bond donors (Lipinski definition) is 2. The van der Waals surface area contributed by atoms with Crippen molar-refractivity contribution in [1.82, 2.24) is 15.5 Å². The van der Waals surface area contributed by atoms with E-state index in [1.807, 2.05) is 32.9 Å². The van der Waals surface area contributed by atoms with E-state index in [2.05, 4.69) is 34.2 Å². The van der Waals surface area contributed by atoms with Gasteiger partial charge in [0.15, 0.2) is 0 Å². The van der Waals surface area contributed by atoms with Crippen LogP contribution in [0.2, 0.25) is 5.02 Å². The second kappa shape index (κ2) is 10.6. The van der Waals surface area contributed by atoms with Crippen molar-refractivity contribution in [3.05, 3.63) is 47.0 Å². The number of rotatable bonds is 7. The molecule has 2 aliphatic rings. The molecule has 0 radical (unpaired) electrons. The van der Waals surface area contributed by atoms with Crippen molar-refractivity contribution in [2.45, 2.75) is 89.8 Å². The second-order valence-corrected chi connectivity index (χ2v) is 11.2. The van der Waals surface area contributed by atoms with E-state index in [0.29, 0.717) is 18.9 Å². The maximum Gasteiger partial charge on any atom is 0.246 e. The Morgan fingerprint density at radius 3 is 2.48 bits per heavy atom. The molecule has 2 N–H and O–H groups in total. The van der Waals surface area contributed by atoms with Gasteiger partial charge in [-0.25, -0.2) is 0 Å². The number of piperidine rings is 1. The summed E-state index contributed by atoms with van der Waals surface area (Å²) in [6, 6.07) is 6.71. The third kappa shape index (κ3) is 6.19. The molecule has 1 saturated heterocycles. The molecule has 0 bridgehead atoms. The molecule has 1 aromatic carbocycles. The molecule has 2 amide bonds. The first-order chi connectivity index (χ1) is 15.6. The number of benzene rings is 1. The first-order valence-corrected chi connectivity index (χ1v) is 12.7. The number of amides is 2. The van der Waals surface area contributed by atoms with Gasteiger partial charge in [-0.3, -0.25) is 14.5 Å². The van der Waals surface area contributed by atoms with Gasteiger partial charge in [0.1, 0.15) is 5.54 Å². The molecule has 1 heterocycles. The minimum atomic E-state index is -0.919. The lowest BCUT2D eigenvalue weighted by Crippen LogP contribution is -2.66. The lowest BCUT2D eigenvalue weighted by atomic mass is 9.73. The minimum absolute atomic E-state index is 0.0771. The normalized spacial score (nSPS) is 21.5. The summed E-state index contributed by atoms with van der Waals surface area (Å²) in [5.41, 5.74) is 1.47. The Kier molecular flexibility index (Phi) is 8.28. The number of carbonyl (C=O) groups excluding carboxylic acids is 2. The highest BCUT2D eigenvalue weighted by atomic mass is 35.5. The SMILES string of the molecule is C=CCCC(NC(C)=O)(C(=O)NC(C)(C)C)C1CCN(C2CCCc3cc(Cl)ccc32)CC1. The highest BCUT2D eigenvalue weighted by molar-refractivity contribution is 6.30. The zero-order chi connectivity index (χ0) is 24.2. The monoisotopic (exact) mass is 473 g/mol. The van der Waals surface area contributed by atoms with Gasteiger partial charge in [-0.15, -0.1) is 6.58 Å². The van der Waals surface area contributed by atoms with E-state index in [-0.39, 0.29) is 23.3 Å². The Morgan fingerprint density at radius 2 is 1.88 bits per heavy atom. The molecule has 33 heavy (non-hydrogen) atoms. The summed E-state index contributed by atoms with van der Waals surface area (Å²) in [6.45, 7) is 13.1. The summed E-state index contributed by atoms with van der Waals surface area (Å²) < 4.78 is 0. The van der Waals surface area contributed by atoms with Crippen molar-refractivity contribution >= 4 is 23.4 Å². The van der Waals surface area contributed by atoms with Crippen LogP contribution in [-0.4, -0.2) is 40.9 Å². The van der Waals surface area contributed by atoms with Gasteiger partial charge < -0.3 is 10.6 Å². The van der Waals surface area contributed by atoms with Crippen LogP contribution in [0, 0.1) is 5.92 Å². The van der Waals surface area contributed by atoms with Gasteiger partial charge in [0.05, 0.1) is 0 Å². The number of likely N-dealkylation sites (tertiary alicyclic amines) is 1. The molecule has 1 aliphatic heterocycles. The Bertz CT molecular complexity index is 871. The quantitative estimate of drug-likeness (QED) is 0.536. The molecule has 1 fully saturated rings. The van der Waals surface area contributed by atoms with E-state index < -0.39 is 5.54 Å². The van der Waals surface area contributed by atoms with Gasteiger partial charge in [-0.1, -0.05) is 23.7 Å². The van der Waals surface area contributed by atoms with E-state index in [1.165, 1.54) is 24.5 Å². The Balaban J connectivity index is 1.81. The van der Waals surface area contributed by atoms with Crippen LogP contribution in [-0.2, 0) is 16.0 Å². The number of hydrogen-bond acceptors (Lipinski definition) is 3. The van der Waals surface area contributed by atoms with E-state index in [9.17, 15) is 9.59 Å². The van der Waals surface area contributed by atoms with E-state index in [1.54, 1.807) is 0 Å². The Morgan fingerprint density at radius 1 is 1.18 bits per heavy atom. The molecule has 3 rings (SSSR count). The van der Waals surface area contributed by atoms with Crippen molar-refractivity contribution < 1.29 is 9.59 Å². The largest absolute Gasteiger partial charge is 0.349 e. The number of carbonyl (C=O) groups is 2. The topological polar surface area (TPSA) is 61.4 Å². The summed E-state index contributed by atoms with van der Waals surface area (Å²) in [7, 11) is 0. The van der Waals surface area contributed by atoms with Crippen molar-refractivity contribution in [1.29, 1.82) is 0 Å². The lowest BCUT2D eigenvalue weighted by Gasteiger charge is -2.47. The molecular weight excluding hydrogens is 434 g/mol. The number of nitrogens with one attached hydrogen (secondary N) is 2. The first-order valence-electron chi connectivity index (χ1n) is 12.3. The number of aryl methyl sites for hydroxylation is 1. The summed E-state index contributed by atoms with van der Waals surface area (Å²) in [5, 5.41) is 7.06. The van der Waals surface area contributed by atoms with Gasteiger partial charge in [0.2, 0.25) is 11.8 Å². The van der Waals surface area contributed by atoms with Crippen LogP contribution < -0.4 is 10.6 Å². The summed E-state index contributed by atoms with van der Waals surface area (Å²) in [4.78, 5) is 28.5. The maximum atomic E-state index is 13.6. The number of fused-ring (bicyclic) bond motifs is 1. The predicted octanol–water partition coefficient (Wildman–Crippen LogP) is 5.19. The van der Waals surface area contributed by atoms with Crippen LogP contribution in [0.5, 0.6) is 0 Å². The molecule has 0 saturated carbocycles. The van der Waals surface area contributed by atoms with E-state index in [4.69, 9.17) is 11.6 Å². The van der Waals surface area contributed by atoms with Crippen molar-refractivity contribution in [3.8, 4) is 0 Å². The van der Waals surface area contributed by atoms with Gasteiger partial charge in [0, 0.05) is 23.5 Å². The summed E-state index contributed by atoms with van der Waals surface area (Å²) in [6.07, 6.45) is 8.21. The van der Waals surface area contributed by atoms with Gasteiger partial charge >= 0.3 is 0 Å². The number of allylic oxidation sites excluding steroid dienone is 1. The van der Waals surface area contributed by atoms with Crippen molar-refractivity contribution in [2.24, 2.45) is 5.92 Å². The van der Waals surface area contributed by atoms with Gasteiger partial charge in [-0.05, 0) is 108 Å². The molecule has 5 nitrogen and oxygen atoms in total. The average Bonchev–Trinajstić information content (AvgIpc) is 2.74. The van der Waals surface area contributed by atoms with Gasteiger partial charge in [0.25, 0.3) is 0 Å². The fourth-order valence-corrected chi connectivity index (χ4v) is 5.86. The Hall–Kier alpha value is -1.85. The minimum Gasteiger partial charge on any atom is -0.349 e. The summed E-state index contributed by atoms with van der Waals surface area (Å²) in [5.74, 6) is -0.167. The van der Waals surface area contributed by atoms with Crippen molar-refractivity contribution in [2.75, 3.05) is 13.1 Å². The third-order valence-electron chi connectivity index (χ3n) is 7.09. The van der Waals surface area contributed by atoms with Crippen LogP contribution in [0.3, 0.4) is 0 Å². The van der Waals surface area contributed by atoms with Crippen molar-refractivity contribution in [3.63, 3.8) is 0 Å². The molecule has 2 atom stereocenters. The zero-order valence-corrected chi connectivity index (χ0v) is 21.4. The molecule has 2 unspecified atom stereocenters. The van der Waals surface area contributed by atoms with Crippen LogP contribution in [0.1, 0.15) is 83.4 Å². The third-order valence-corrected chi connectivity index (χ3v) is 7.33. The molecule has 1 aliphatic carbocycles. The first kappa shape index (κ1) is 25.8. The fourth-order valence-electron chi connectivity index (χ4n) is 5.66. The zero-order valence-electron chi connectivity index (χ0n) is 20.7. The fraction of sp³-hybridized carbons (Fsp3) is 0.630. The van der Waals surface area contributed by atoms with Crippen LogP contribution in [0.15, 0.2) is 30.9 Å². The van der Waals surface area contributed by atoms with Crippen LogP contribution >= 0.6 is 11.6 Å². The molecule has 1 aromatic rings. The summed E-state index contributed by atoms with van der Waals surface area (Å²) >= 11 is 6.24. The van der Waals surface area contributed by atoms with Gasteiger partial charge in [-0.2, -0.15) is 0 Å². The standard InChI is InChI=1S/C27H40ClN3O2/c1-6-7-15-27(29-19(2)32,25(33)30-26(3,4)5)21-13-16-31(17-14-21)24-10-8-9-20-18-22(28)11-12-23(20)24/h6,11-12,18,21,24H,1,7-10,13-17H2,2-5H3,(H,29,32)(H,30,33). The number of nitrogens with zero attached hydrogens (tertiary/aromatic N) is 1. The predicted molar refractivity (Wildman–Crippen MR) is 135 cm³/mol. The lowest BCUT2D eigenvalue weighted by molar-refractivity contribution is -0.138. The van der Waals surface area contributed by atoms with Crippen LogP contribution in [0.4, 0.5) is 0 Å². The average molecular weight is 474 g/mol. The van der Waals surface area contributed by atoms with E-state index >= 15 is 0 Å². The van der Waals surface area contributed by atoms with E-state index in [0.717, 1.165) is 43.8 Å². The molecule has 0 spiro atoms. The highest BCUT2D eigenvalue weighted by Crippen LogP contribution is 2.40. The highest BCUT2D eigenvalue weighted by Gasteiger charge is 2.48. The second-order valence-electron chi connectivity index (χ2n) is 10.7. The molecular formula is C27H40ClN3O2. The van der Waals surface area contributed by atoms with Crippen LogP contribution in [0.25, 0.3) is 0 Å². The molecule has 182 valence electrons. The molecule has 6 heteroatoms. The Labute approximate surface area is 204 Å². The smallest absolute Gasteiger partial charge is 0.246 e.